The molecule has 1 aliphatic carbocycles. The molecule has 0 N–H and O–H groups in total. The van der Waals surface area contributed by atoms with Crippen molar-refractivity contribution in [2.24, 2.45) is 11.8 Å². The second-order valence-electron chi connectivity index (χ2n) is 5.58. The van der Waals surface area contributed by atoms with Crippen molar-refractivity contribution in [1.29, 1.82) is 0 Å². The lowest BCUT2D eigenvalue weighted by atomic mass is 10.0. The van der Waals surface area contributed by atoms with E-state index in [9.17, 15) is 4.79 Å². The fraction of sp³-hybridized carbons (Fsp3) is 0.923. The molecule has 3 heteroatoms. The summed E-state index contributed by atoms with van der Waals surface area (Å²) in [5, 5.41) is 0. The Morgan fingerprint density at radius 1 is 1.38 bits per heavy atom. The predicted octanol–water partition coefficient (Wildman–Crippen LogP) is 1.71. The Kier molecular flexibility index (Phi) is 3.98. The van der Waals surface area contributed by atoms with Gasteiger partial charge in [0.15, 0.2) is 5.78 Å². The van der Waals surface area contributed by atoms with Gasteiger partial charge >= 0.3 is 0 Å². The Morgan fingerprint density at radius 3 is 2.62 bits per heavy atom. The third kappa shape index (κ3) is 3.29. The number of ether oxygens (including phenoxy) is 1. The number of hydrogen-bond acceptors (Lipinski definition) is 3. The first-order valence-corrected chi connectivity index (χ1v) is 6.51. The molecule has 2 fully saturated rings. The fourth-order valence-electron chi connectivity index (χ4n) is 2.37. The van der Waals surface area contributed by atoms with Gasteiger partial charge in [0, 0.05) is 25.1 Å². The fourth-order valence-corrected chi connectivity index (χ4v) is 2.37. The predicted molar refractivity (Wildman–Crippen MR) is 63.4 cm³/mol. The van der Waals surface area contributed by atoms with Crippen LogP contribution in [0.1, 0.15) is 33.1 Å². The highest BCUT2D eigenvalue weighted by Crippen LogP contribution is 2.28. The molecule has 1 atom stereocenters. The lowest BCUT2D eigenvalue weighted by molar-refractivity contribution is -0.124. The van der Waals surface area contributed by atoms with E-state index in [0.717, 1.165) is 19.6 Å². The molecule has 0 aromatic heterocycles. The maximum absolute atomic E-state index is 12.0. The highest BCUT2D eigenvalue weighted by atomic mass is 16.5. The van der Waals surface area contributed by atoms with Gasteiger partial charge in [0.05, 0.1) is 13.2 Å². The van der Waals surface area contributed by atoms with E-state index in [0.29, 0.717) is 30.9 Å². The molecule has 1 saturated carbocycles. The van der Waals surface area contributed by atoms with Crippen LogP contribution in [0.2, 0.25) is 0 Å². The van der Waals surface area contributed by atoms with E-state index in [1.165, 1.54) is 12.8 Å². The average Bonchev–Trinajstić information content (AvgIpc) is 2.91. The van der Waals surface area contributed by atoms with E-state index in [1.54, 1.807) is 0 Å². The quantitative estimate of drug-likeness (QED) is 0.689. The summed E-state index contributed by atoms with van der Waals surface area (Å²) < 4.78 is 5.28. The van der Waals surface area contributed by atoms with Crippen molar-refractivity contribution in [1.82, 2.24) is 4.90 Å². The molecule has 3 nitrogen and oxygen atoms in total. The van der Waals surface area contributed by atoms with Crippen LogP contribution in [0.5, 0.6) is 0 Å². The molecule has 0 aromatic rings. The summed E-state index contributed by atoms with van der Waals surface area (Å²) in [5.74, 6) is 1.21. The number of ketones is 1. The molecule has 2 aliphatic rings. The molecule has 0 bridgehead atoms. The molecule has 1 heterocycles. The van der Waals surface area contributed by atoms with Gasteiger partial charge in [-0.15, -0.1) is 0 Å². The number of Topliss-reactive ketones (excluding diaryl/α,β-unsaturated/α-hetero) is 1. The molecule has 1 aliphatic heterocycles. The Balaban J connectivity index is 1.81. The molecular formula is C13H23NO2. The van der Waals surface area contributed by atoms with Crippen molar-refractivity contribution >= 4 is 5.78 Å². The van der Waals surface area contributed by atoms with Gasteiger partial charge in [-0.05, 0) is 25.2 Å². The molecule has 0 aromatic carbocycles. The lowest BCUT2D eigenvalue weighted by Gasteiger charge is -2.24. The first-order valence-electron chi connectivity index (χ1n) is 6.51. The van der Waals surface area contributed by atoms with Crippen molar-refractivity contribution in [3.05, 3.63) is 0 Å². The van der Waals surface area contributed by atoms with Crippen LogP contribution < -0.4 is 0 Å². The normalized spacial score (nSPS) is 25.6. The van der Waals surface area contributed by atoms with Crippen LogP contribution in [-0.2, 0) is 9.53 Å². The Labute approximate surface area is 98.1 Å². The topological polar surface area (TPSA) is 29.5 Å². The molecule has 0 radical (unpaired) electrons. The zero-order valence-electron chi connectivity index (χ0n) is 10.4. The van der Waals surface area contributed by atoms with Crippen LogP contribution in [0.4, 0.5) is 0 Å². The number of carbonyl (C=O) groups excluding carboxylic acids is 1. The molecule has 16 heavy (non-hydrogen) atoms. The number of carbonyl (C=O) groups is 1. The third-order valence-corrected chi connectivity index (χ3v) is 3.41. The first kappa shape index (κ1) is 12.1. The van der Waals surface area contributed by atoms with Crippen LogP contribution in [0.3, 0.4) is 0 Å². The van der Waals surface area contributed by atoms with Gasteiger partial charge in [-0.2, -0.15) is 0 Å². The average molecular weight is 225 g/mol. The second-order valence-corrected chi connectivity index (χ2v) is 5.58. The van der Waals surface area contributed by atoms with Gasteiger partial charge in [-0.1, -0.05) is 13.8 Å². The van der Waals surface area contributed by atoms with E-state index in [2.05, 4.69) is 18.7 Å². The minimum atomic E-state index is 0.174. The van der Waals surface area contributed by atoms with Crippen LogP contribution in [0.15, 0.2) is 0 Å². The summed E-state index contributed by atoms with van der Waals surface area (Å²) >= 11 is 0. The maximum Gasteiger partial charge on any atom is 0.152 e. The van der Waals surface area contributed by atoms with E-state index in [4.69, 9.17) is 4.74 Å². The summed E-state index contributed by atoms with van der Waals surface area (Å²) in [6.45, 7) is 7.57. The van der Waals surface area contributed by atoms with E-state index >= 15 is 0 Å². The molecule has 1 saturated heterocycles. The third-order valence-electron chi connectivity index (χ3n) is 3.41. The van der Waals surface area contributed by atoms with Crippen molar-refractivity contribution in [2.75, 3.05) is 26.3 Å². The van der Waals surface area contributed by atoms with Crippen LogP contribution in [-0.4, -0.2) is 43.0 Å². The molecular weight excluding hydrogens is 202 g/mol. The minimum Gasteiger partial charge on any atom is -0.381 e. The summed E-state index contributed by atoms with van der Waals surface area (Å²) in [6.07, 6.45) is 3.49. The molecule has 0 amide bonds. The van der Waals surface area contributed by atoms with Crippen LogP contribution >= 0.6 is 0 Å². The number of rotatable bonds is 6. The van der Waals surface area contributed by atoms with Gasteiger partial charge in [0.25, 0.3) is 0 Å². The van der Waals surface area contributed by atoms with Gasteiger partial charge in [0.1, 0.15) is 0 Å². The van der Waals surface area contributed by atoms with Gasteiger partial charge in [-0.25, -0.2) is 0 Å². The SMILES string of the molecule is CC(C)CN(CC(=O)C1CCOC1)C1CC1. The van der Waals surface area contributed by atoms with E-state index < -0.39 is 0 Å². The van der Waals surface area contributed by atoms with Gasteiger partial charge in [0.2, 0.25) is 0 Å². The van der Waals surface area contributed by atoms with Crippen molar-refractivity contribution in [2.45, 2.75) is 39.2 Å². The monoisotopic (exact) mass is 225 g/mol. The molecule has 92 valence electrons. The van der Waals surface area contributed by atoms with E-state index in [-0.39, 0.29) is 5.92 Å². The van der Waals surface area contributed by atoms with Gasteiger partial charge in [-0.3, -0.25) is 9.69 Å². The zero-order valence-corrected chi connectivity index (χ0v) is 10.4. The summed E-state index contributed by atoms with van der Waals surface area (Å²) in [4.78, 5) is 14.4. The number of hydrogen-bond donors (Lipinski definition) is 0. The minimum absolute atomic E-state index is 0.174. The lowest BCUT2D eigenvalue weighted by Crippen LogP contribution is -2.37. The highest BCUT2D eigenvalue weighted by molar-refractivity contribution is 5.83. The maximum atomic E-state index is 12.0. The smallest absolute Gasteiger partial charge is 0.152 e. The second kappa shape index (κ2) is 5.28. The van der Waals surface area contributed by atoms with Crippen LogP contribution in [0, 0.1) is 11.8 Å². The summed E-state index contributed by atoms with van der Waals surface area (Å²) in [6, 6.07) is 0.689. The molecule has 2 rings (SSSR count). The van der Waals surface area contributed by atoms with Crippen LogP contribution in [0.25, 0.3) is 0 Å². The van der Waals surface area contributed by atoms with E-state index in [1.807, 2.05) is 0 Å². The molecule has 1 unspecified atom stereocenters. The standard InChI is InChI=1S/C13H23NO2/c1-10(2)7-14(12-3-4-12)8-13(15)11-5-6-16-9-11/h10-12H,3-9H2,1-2H3. The highest BCUT2D eigenvalue weighted by Gasteiger charge is 2.32. The van der Waals surface area contributed by atoms with Gasteiger partial charge < -0.3 is 4.74 Å². The van der Waals surface area contributed by atoms with Crippen molar-refractivity contribution < 1.29 is 9.53 Å². The van der Waals surface area contributed by atoms with Crippen molar-refractivity contribution in [3.8, 4) is 0 Å². The zero-order chi connectivity index (χ0) is 11.5. The summed E-state index contributed by atoms with van der Waals surface area (Å²) in [5.41, 5.74) is 0. The Hall–Kier alpha value is -0.410. The number of nitrogens with zero attached hydrogens (tertiary/aromatic N) is 1. The Bertz CT molecular complexity index is 242. The largest absolute Gasteiger partial charge is 0.381 e. The summed E-state index contributed by atoms with van der Waals surface area (Å²) in [7, 11) is 0. The van der Waals surface area contributed by atoms with Crippen molar-refractivity contribution in [3.63, 3.8) is 0 Å². The molecule has 0 spiro atoms. The first-order chi connectivity index (χ1) is 7.66. The Morgan fingerprint density at radius 2 is 2.12 bits per heavy atom.